The summed E-state index contributed by atoms with van der Waals surface area (Å²) in [4.78, 5) is 12.7. The number of carbonyl (C=O) groups excluding carboxylic acids is 1. The molecule has 1 N–H and O–H groups in total. The Morgan fingerprint density at radius 2 is 1.95 bits per heavy atom. The van der Waals surface area contributed by atoms with Crippen LogP contribution >= 0.6 is 11.6 Å². The van der Waals surface area contributed by atoms with Crippen LogP contribution in [0.15, 0.2) is 0 Å². The van der Waals surface area contributed by atoms with Crippen LogP contribution in [0.3, 0.4) is 0 Å². The Hall–Kier alpha value is -0.240. The van der Waals surface area contributed by atoms with Crippen molar-refractivity contribution in [3.63, 3.8) is 0 Å². The predicted octanol–water partition coefficient (Wildman–Crippen LogP) is 3.58. The lowest BCUT2D eigenvalue weighted by atomic mass is 9.44. The van der Waals surface area contributed by atoms with Crippen molar-refractivity contribution in [2.75, 3.05) is 12.4 Å². The molecule has 19 heavy (non-hydrogen) atoms. The lowest BCUT2D eigenvalue weighted by Gasteiger charge is -2.60. The number of amides is 1. The van der Waals surface area contributed by atoms with Crippen LogP contribution in [0, 0.1) is 28.6 Å². The highest BCUT2D eigenvalue weighted by atomic mass is 35.5. The lowest BCUT2D eigenvalue weighted by Crippen LogP contribution is -2.57. The zero-order valence-electron chi connectivity index (χ0n) is 12.2. The first-order chi connectivity index (χ1) is 8.95. The minimum Gasteiger partial charge on any atom is -0.355 e. The summed E-state index contributed by atoms with van der Waals surface area (Å²) in [7, 11) is 0. The van der Waals surface area contributed by atoms with Gasteiger partial charge in [-0.15, -0.1) is 11.6 Å². The SMILES string of the molecule is CC(CCl)CNC(=O)C12CC3CC(CC(C)(C3)C1)C2. The number of hydrogen-bond acceptors (Lipinski definition) is 1. The van der Waals surface area contributed by atoms with Gasteiger partial charge in [-0.2, -0.15) is 0 Å². The van der Waals surface area contributed by atoms with Crippen molar-refractivity contribution < 1.29 is 4.79 Å². The Morgan fingerprint density at radius 1 is 1.32 bits per heavy atom. The summed E-state index contributed by atoms with van der Waals surface area (Å²) < 4.78 is 0. The average molecular weight is 284 g/mol. The zero-order chi connectivity index (χ0) is 13.7. The Bertz CT molecular complexity index is 367. The Balaban J connectivity index is 1.71. The summed E-state index contributed by atoms with van der Waals surface area (Å²) in [6.45, 7) is 5.23. The average Bonchev–Trinajstić information content (AvgIpc) is 2.32. The molecule has 4 bridgehead atoms. The molecule has 0 aromatic rings. The maximum Gasteiger partial charge on any atom is 0.226 e. The minimum absolute atomic E-state index is 0.0368. The van der Waals surface area contributed by atoms with E-state index in [2.05, 4.69) is 19.2 Å². The molecule has 0 heterocycles. The molecule has 4 aliphatic rings. The van der Waals surface area contributed by atoms with E-state index in [1.54, 1.807) is 0 Å². The topological polar surface area (TPSA) is 29.1 Å². The molecule has 3 heteroatoms. The van der Waals surface area contributed by atoms with Gasteiger partial charge in [-0.05, 0) is 61.7 Å². The molecule has 3 unspecified atom stereocenters. The van der Waals surface area contributed by atoms with Crippen LogP contribution in [0.1, 0.15) is 52.4 Å². The summed E-state index contributed by atoms with van der Waals surface area (Å²) in [6, 6.07) is 0. The summed E-state index contributed by atoms with van der Waals surface area (Å²) in [6.07, 6.45) is 7.49. The molecule has 4 aliphatic carbocycles. The molecular weight excluding hydrogens is 258 g/mol. The third-order valence-electron chi connectivity index (χ3n) is 5.71. The monoisotopic (exact) mass is 283 g/mol. The number of carbonyl (C=O) groups is 1. The van der Waals surface area contributed by atoms with Gasteiger partial charge in [0.2, 0.25) is 5.91 Å². The van der Waals surface area contributed by atoms with Gasteiger partial charge in [0.1, 0.15) is 0 Å². The van der Waals surface area contributed by atoms with E-state index in [1.165, 1.54) is 19.3 Å². The third-order valence-corrected chi connectivity index (χ3v) is 6.24. The van der Waals surface area contributed by atoms with Crippen molar-refractivity contribution in [3.8, 4) is 0 Å². The molecule has 0 saturated heterocycles. The van der Waals surface area contributed by atoms with Crippen LogP contribution in [0.2, 0.25) is 0 Å². The number of alkyl halides is 1. The maximum absolute atomic E-state index is 12.7. The molecule has 0 aliphatic heterocycles. The largest absolute Gasteiger partial charge is 0.355 e. The van der Waals surface area contributed by atoms with E-state index in [0.717, 1.165) is 37.6 Å². The first-order valence-electron chi connectivity index (χ1n) is 7.79. The molecule has 4 saturated carbocycles. The highest BCUT2D eigenvalue weighted by Crippen LogP contribution is 2.65. The van der Waals surface area contributed by atoms with Gasteiger partial charge >= 0.3 is 0 Å². The Morgan fingerprint density at radius 3 is 2.47 bits per heavy atom. The summed E-state index contributed by atoms with van der Waals surface area (Å²) in [5, 5.41) is 3.18. The van der Waals surface area contributed by atoms with Crippen molar-refractivity contribution in [3.05, 3.63) is 0 Å². The van der Waals surface area contributed by atoms with Gasteiger partial charge in [0.25, 0.3) is 0 Å². The number of nitrogens with one attached hydrogen (secondary N) is 1. The van der Waals surface area contributed by atoms with E-state index in [9.17, 15) is 4.79 Å². The van der Waals surface area contributed by atoms with Gasteiger partial charge in [-0.1, -0.05) is 13.8 Å². The van der Waals surface area contributed by atoms with Crippen molar-refractivity contribution >= 4 is 17.5 Å². The third kappa shape index (κ3) is 2.41. The molecule has 3 atom stereocenters. The minimum atomic E-state index is -0.0368. The Labute approximate surface area is 121 Å². The second kappa shape index (κ2) is 4.65. The molecule has 0 aromatic heterocycles. The summed E-state index contributed by atoms with van der Waals surface area (Å²) in [5.41, 5.74) is 0.407. The molecule has 0 aromatic carbocycles. The molecule has 1 amide bonds. The van der Waals surface area contributed by atoms with E-state index in [-0.39, 0.29) is 5.41 Å². The van der Waals surface area contributed by atoms with E-state index in [0.29, 0.717) is 23.1 Å². The van der Waals surface area contributed by atoms with Crippen LogP contribution < -0.4 is 5.32 Å². The molecule has 2 nitrogen and oxygen atoms in total. The molecular formula is C16H26ClNO. The smallest absolute Gasteiger partial charge is 0.226 e. The van der Waals surface area contributed by atoms with Crippen molar-refractivity contribution in [2.24, 2.45) is 28.6 Å². The van der Waals surface area contributed by atoms with E-state index in [4.69, 9.17) is 11.6 Å². The van der Waals surface area contributed by atoms with Crippen LogP contribution in [0.4, 0.5) is 0 Å². The number of rotatable bonds is 4. The molecule has 0 spiro atoms. The normalized spacial score (nSPS) is 45.2. The van der Waals surface area contributed by atoms with Crippen LogP contribution in [-0.4, -0.2) is 18.3 Å². The fraction of sp³-hybridized carbons (Fsp3) is 0.938. The maximum atomic E-state index is 12.7. The molecule has 4 rings (SSSR count). The van der Waals surface area contributed by atoms with E-state index < -0.39 is 0 Å². The first kappa shape index (κ1) is 13.7. The second-order valence-electron chi connectivity index (χ2n) is 8.02. The van der Waals surface area contributed by atoms with Gasteiger partial charge in [-0.3, -0.25) is 4.79 Å². The van der Waals surface area contributed by atoms with Crippen molar-refractivity contribution in [1.29, 1.82) is 0 Å². The Kier molecular flexibility index (Phi) is 3.36. The molecule has 0 radical (unpaired) electrons. The van der Waals surface area contributed by atoms with Crippen LogP contribution in [0.25, 0.3) is 0 Å². The molecule has 4 fully saturated rings. The highest BCUT2D eigenvalue weighted by molar-refractivity contribution is 6.18. The number of halogens is 1. The second-order valence-corrected chi connectivity index (χ2v) is 8.33. The summed E-state index contributed by atoms with van der Waals surface area (Å²) in [5.74, 6) is 2.93. The fourth-order valence-corrected chi connectivity index (χ4v) is 5.60. The molecule has 108 valence electrons. The van der Waals surface area contributed by atoms with Crippen molar-refractivity contribution in [2.45, 2.75) is 52.4 Å². The highest BCUT2D eigenvalue weighted by Gasteiger charge is 2.58. The van der Waals surface area contributed by atoms with Crippen molar-refractivity contribution in [1.82, 2.24) is 5.32 Å². The van der Waals surface area contributed by atoms with Gasteiger partial charge in [0.05, 0.1) is 5.41 Å². The van der Waals surface area contributed by atoms with Crippen LogP contribution in [-0.2, 0) is 4.79 Å². The van der Waals surface area contributed by atoms with Gasteiger partial charge in [0, 0.05) is 12.4 Å². The first-order valence-corrected chi connectivity index (χ1v) is 8.32. The summed E-state index contributed by atoms with van der Waals surface area (Å²) >= 11 is 5.83. The number of hydrogen-bond donors (Lipinski definition) is 1. The standard InChI is InChI=1S/C16H26ClNO/c1-11(8-17)9-18-14(19)16-6-12-3-13(7-16)5-15(2,4-12)10-16/h11-13H,3-10H2,1-2H3,(H,18,19). The fourth-order valence-electron chi connectivity index (χ4n) is 5.50. The quantitative estimate of drug-likeness (QED) is 0.785. The predicted molar refractivity (Wildman–Crippen MR) is 78.1 cm³/mol. The van der Waals surface area contributed by atoms with Gasteiger partial charge in [0.15, 0.2) is 0 Å². The lowest BCUT2D eigenvalue weighted by molar-refractivity contribution is -0.155. The van der Waals surface area contributed by atoms with Gasteiger partial charge < -0.3 is 5.32 Å². The van der Waals surface area contributed by atoms with E-state index in [1.807, 2.05) is 0 Å². The zero-order valence-corrected chi connectivity index (χ0v) is 12.9. The van der Waals surface area contributed by atoms with Crippen LogP contribution in [0.5, 0.6) is 0 Å². The van der Waals surface area contributed by atoms with Gasteiger partial charge in [-0.25, -0.2) is 0 Å². The van der Waals surface area contributed by atoms with E-state index >= 15 is 0 Å².